The lowest BCUT2D eigenvalue weighted by Crippen LogP contribution is -2.54. The van der Waals surface area contributed by atoms with Crippen molar-refractivity contribution in [3.05, 3.63) is 89.5 Å². The van der Waals surface area contributed by atoms with Gasteiger partial charge in [0.2, 0.25) is 15.9 Å². The van der Waals surface area contributed by atoms with Crippen LogP contribution in [0.3, 0.4) is 0 Å². The number of nitrogens with zero attached hydrogens (tertiary/aromatic N) is 2. The van der Waals surface area contributed by atoms with E-state index in [-0.39, 0.29) is 29.8 Å². The molecule has 0 spiro atoms. The molecule has 0 radical (unpaired) electrons. The summed E-state index contributed by atoms with van der Waals surface area (Å²) in [5, 5.41) is 2.90. The highest BCUT2D eigenvalue weighted by atomic mass is 32.2. The monoisotopic (exact) mass is 547 g/mol. The van der Waals surface area contributed by atoms with Crippen molar-refractivity contribution in [3.8, 4) is 5.75 Å². The maximum absolute atomic E-state index is 13.9. The number of amides is 2. The van der Waals surface area contributed by atoms with E-state index in [1.54, 1.807) is 36.1 Å². The van der Waals surface area contributed by atoms with Crippen LogP contribution in [-0.4, -0.2) is 50.3 Å². The molecule has 0 bridgehead atoms. The summed E-state index contributed by atoms with van der Waals surface area (Å²) >= 11 is 0. The van der Waals surface area contributed by atoms with Gasteiger partial charge < -0.3 is 15.0 Å². The lowest BCUT2D eigenvalue weighted by Gasteiger charge is -2.38. The normalized spacial score (nSPS) is 19.6. The molecule has 204 valence electrons. The predicted octanol–water partition coefficient (Wildman–Crippen LogP) is 3.81. The van der Waals surface area contributed by atoms with E-state index in [4.69, 9.17) is 4.74 Å². The first-order valence-electron chi connectivity index (χ1n) is 13.2. The number of nitrogens with one attached hydrogen (secondary N) is 1. The number of aryl methyl sites for hydroxylation is 2. The van der Waals surface area contributed by atoms with Crippen molar-refractivity contribution in [3.63, 3.8) is 0 Å². The fraction of sp³-hybridized carbons (Fsp3) is 0.333. The molecule has 0 aromatic heterocycles. The predicted molar refractivity (Wildman–Crippen MR) is 149 cm³/mol. The third kappa shape index (κ3) is 5.69. The van der Waals surface area contributed by atoms with Gasteiger partial charge in [0.05, 0.1) is 23.0 Å². The van der Waals surface area contributed by atoms with E-state index in [0.29, 0.717) is 42.9 Å². The Hall–Kier alpha value is -3.69. The largest absolute Gasteiger partial charge is 0.477 e. The number of fused-ring (bicyclic) bond motifs is 1. The first-order valence-corrected chi connectivity index (χ1v) is 14.6. The second kappa shape index (κ2) is 11.2. The van der Waals surface area contributed by atoms with E-state index in [1.807, 2.05) is 55.5 Å². The molecular formula is C30H33N3O5S. The molecule has 2 atom stereocenters. The zero-order valence-corrected chi connectivity index (χ0v) is 23.0. The Balaban J connectivity index is 1.34. The second-order valence-corrected chi connectivity index (χ2v) is 12.1. The fourth-order valence-corrected chi connectivity index (χ4v) is 7.02. The molecule has 1 fully saturated rings. The Bertz CT molecular complexity index is 1470. The van der Waals surface area contributed by atoms with Crippen LogP contribution in [0.4, 0.5) is 5.69 Å². The van der Waals surface area contributed by atoms with Crippen molar-refractivity contribution >= 4 is 27.5 Å². The number of para-hydroxylation sites is 2. The molecule has 0 unspecified atom stereocenters. The van der Waals surface area contributed by atoms with Gasteiger partial charge >= 0.3 is 0 Å². The SMILES string of the molecule is Cc1ccc(C)c(S(=O)(=O)N2CCC[C@H](C(=O)N3C[C@H](C(=O)NCc4ccccc4)Oc4ccccc43)C2)c1. The van der Waals surface area contributed by atoms with Crippen molar-refractivity contribution in [1.29, 1.82) is 0 Å². The van der Waals surface area contributed by atoms with Gasteiger partial charge in [0.25, 0.3) is 5.91 Å². The van der Waals surface area contributed by atoms with Gasteiger partial charge in [0, 0.05) is 19.6 Å². The second-order valence-electron chi connectivity index (χ2n) is 10.2. The van der Waals surface area contributed by atoms with Gasteiger partial charge in [-0.05, 0) is 61.6 Å². The summed E-state index contributed by atoms with van der Waals surface area (Å²) < 4.78 is 34.5. The Morgan fingerprint density at radius 1 is 0.974 bits per heavy atom. The summed E-state index contributed by atoms with van der Waals surface area (Å²) in [6, 6.07) is 22.1. The van der Waals surface area contributed by atoms with Crippen LogP contribution in [-0.2, 0) is 26.2 Å². The number of piperidine rings is 1. The molecule has 39 heavy (non-hydrogen) atoms. The van der Waals surface area contributed by atoms with E-state index < -0.39 is 22.0 Å². The topological polar surface area (TPSA) is 96.0 Å². The van der Waals surface area contributed by atoms with Gasteiger partial charge in [-0.15, -0.1) is 0 Å². The molecule has 0 saturated carbocycles. The lowest BCUT2D eigenvalue weighted by atomic mass is 9.97. The van der Waals surface area contributed by atoms with Crippen LogP contribution in [0.2, 0.25) is 0 Å². The minimum absolute atomic E-state index is 0.0523. The van der Waals surface area contributed by atoms with Gasteiger partial charge in [-0.2, -0.15) is 4.31 Å². The van der Waals surface area contributed by atoms with E-state index in [2.05, 4.69) is 5.32 Å². The third-order valence-corrected chi connectivity index (χ3v) is 9.34. The zero-order chi connectivity index (χ0) is 27.6. The van der Waals surface area contributed by atoms with E-state index in [1.165, 1.54) is 4.31 Å². The van der Waals surface area contributed by atoms with Gasteiger partial charge in [-0.25, -0.2) is 8.42 Å². The van der Waals surface area contributed by atoms with Crippen LogP contribution in [0.25, 0.3) is 0 Å². The van der Waals surface area contributed by atoms with Crippen LogP contribution in [0.5, 0.6) is 5.75 Å². The highest BCUT2D eigenvalue weighted by molar-refractivity contribution is 7.89. The molecular weight excluding hydrogens is 514 g/mol. The zero-order valence-electron chi connectivity index (χ0n) is 22.2. The van der Waals surface area contributed by atoms with E-state index >= 15 is 0 Å². The van der Waals surface area contributed by atoms with Crippen molar-refractivity contribution < 1.29 is 22.7 Å². The molecule has 9 heteroatoms. The summed E-state index contributed by atoms with van der Waals surface area (Å²) in [6.45, 7) is 4.51. The maximum Gasteiger partial charge on any atom is 0.263 e. The number of hydrogen-bond acceptors (Lipinski definition) is 5. The number of ether oxygens (including phenoxy) is 1. The van der Waals surface area contributed by atoms with E-state index in [0.717, 1.165) is 11.1 Å². The smallest absolute Gasteiger partial charge is 0.263 e. The van der Waals surface area contributed by atoms with Crippen molar-refractivity contribution in [1.82, 2.24) is 9.62 Å². The maximum atomic E-state index is 13.9. The number of rotatable bonds is 6. The Morgan fingerprint density at radius 2 is 1.72 bits per heavy atom. The number of sulfonamides is 1. The summed E-state index contributed by atoms with van der Waals surface area (Å²) in [4.78, 5) is 28.8. The number of carbonyl (C=O) groups is 2. The standard InChI is InChI=1S/C30H33N3O5S/c1-21-14-15-22(2)28(17-21)39(36,37)32-16-8-11-24(19-32)30(35)33-20-27(38-26-13-7-6-12-25(26)33)29(34)31-18-23-9-4-3-5-10-23/h3-7,9-10,12-15,17,24,27H,8,11,16,18-20H2,1-2H3,(H,31,34)/t24-,27+/m0/s1. The molecule has 2 heterocycles. The molecule has 2 amide bonds. The molecule has 1 N–H and O–H groups in total. The van der Waals surface area contributed by atoms with Crippen molar-refractivity contribution in [2.45, 2.75) is 44.2 Å². The van der Waals surface area contributed by atoms with Crippen LogP contribution in [0.15, 0.2) is 77.7 Å². The summed E-state index contributed by atoms with van der Waals surface area (Å²) in [6.07, 6.45) is 0.265. The minimum atomic E-state index is -3.76. The average molecular weight is 548 g/mol. The summed E-state index contributed by atoms with van der Waals surface area (Å²) in [7, 11) is -3.76. The average Bonchev–Trinajstić information content (AvgIpc) is 2.96. The summed E-state index contributed by atoms with van der Waals surface area (Å²) in [5.41, 5.74) is 3.09. The van der Waals surface area contributed by atoms with Crippen molar-refractivity contribution in [2.75, 3.05) is 24.5 Å². The fourth-order valence-electron chi connectivity index (χ4n) is 5.19. The van der Waals surface area contributed by atoms with Gasteiger partial charge in [0.1, 0.15) is 5.75 Å². The Morgan fingerprint density at radius 3 is 2.51 bits per heavy atom. The molecule has 2 aliphatic rings. The number of carbonyl (C=O) groups excluding carboxylic acids is 2. The third-order valence-electron chi connectivity index (χ3n) is 7.34. The van der Waals surface area contributed by atoms with Crippen LogP contribution < -0.4 is 15.0 Å². The quantitative estimate of drug-likeness (QED) is 0.506. The lowest BCUT2D eigenvalue weighted by molar-refractivity contribution is -0.129. The Labute approximate surface area is 229 Å². The van der Waals surface area contributed by atoms with Gasteiger partial charge in [0.15, 0.2) is 6.10 Å². The number of anilines is 1. The van der Waals surface area contributed by atoms with Crippen LogP contribution in [0, 0.1) is 19.8 Å². The van der Waals surface area contributed by atoms with Gasteiger partial charge in [-0.1, -0.05) is 54.6 Å². The minimum Gasteiger partial charge on any atom is -0.477 e. The summed E-state index contributed by atoms with van der Waals surface area (Å²) in [5.74, 6) is -0.591. The van der Waals surface area contributed by atoms with Crippen molar-refractivity contribution in [2.24, 2.45) is 5.92 Å². The first kappa shape index (κ1) is 26.9. The molecule has 8 nitrogen and oxygen atoms in total. The molecule has 3 aromatic carbocycles. The molecule has 3 aromatic rings. The van der Waals surface area contributed by atoms with Crippen LogP contribution in [0.1, 0.15) is 29.5 Å². The van der Waals surface area contributed by atoms with Crippen LogP contribution >= 0.6 is 0 Å². The highest BCUT2D eigenvalue weighted by Crippen LogP contribution is 2.36. The molecule has 5 rings (SSSR count). The van der Waals surface area contributed by atoms with E-state index in [9.17, 15) is 18.0 Å². The Kier molecular flexibility index (Phi) is 7.72. The first-order chi connectivity index (χ1) is 18.7. The molecule has 2 aliphatic heterocycles. The van der Waals surface area contributed by atoms with Gasteiger partial charge in [-0.3, -0.25) is 9.59 Å². The highest BCUT2D eigenvalue weighted by Gasteiger charge is 2.40. The molecule has 1 saturated heterocycles. The molecule has 0 aliphatic carbocycles. The number of hydrogen-bond donors (Lipinski definition) is 1. The number of benzene rings is 3.